The Kier molecular flexibility index (Phi) is 2.68. The van der Waals surface area contributed by atoms with Crippen LogP contribution in [0.4, 0.5) is 0 Å². The predicted molar refractivity (Wildman–Crippen MR) is 52.7 cm³/mol. The van der Waals surface area contributed by atoms with Crippen LogP contribution in [0.1, 0.15) is 45.4 Å². The standard InChI is InChI=1S/C11H19NO/c1-9(13)7-8-12-10-3-2-4-11(12)6-5-10/h10-11H,2-8H2,1H3. The molecule has 0 N–H and O–H groups in total. The molecule has 0 aromatic heterocycles. The number of hydrogen-bond donors (Lipinski definition) is 0. The number of Topliss-reactive ketones (excluding diaryl/α,β-unsaturated/α-hetero) is 1. The van der Waals surface area contributed by atoms with Crippen LogP contribution in [0.2, 0.25) is 0 Å². The van der Waals surface area contributed by atoms with Crippen molar-refractivity contribution < 1.29 is 4.79 Å². The minimum atomic E-state index is 0.338. The second-order valence-electron chi connectivity index (χ2n) is 4.51. The SMILES string of the molecule is CC(=O)CCN1C2CCCC1CC2. The normalized spacial score (nSPS) is 33.6. The lowest BCUT2D eigenvalue weighted by Gasteiger charge is -2.34. The van der Waals surface area contributed by atoms with Crippen molar-refractivity contribution in [1.82, 2.24) is 4.90 Å². The van der Waals surface area contributed by atoms with Gasteiger partial charge in [-0.25, -0.2) is 0 Å². The Hall–Kier alpha value is -0.370. The number of rotatable bonds is 3. The highest BCUT2D eigenvalue weighted by Crippen LogP contribution is 2.35. The van der Waals surface area contributed by atoms with E-state index in [1.807, 2.05) is 0 Å². The van der Waals surface area contributed by atoms with E-state index in [0.29, 0.717) is 5.78 Å². The molecular weight excluding hydrogens is 162 g/mol. The molecular formula is C11H19NO. The zero-order chi connectivity index (χ0) is 9.26. The van der Waals surface area contributed by atoms with Gasteiger partial charge in [0.1, 0.15) is 5.78 Å². The van der Waals surface area contributed by atoms with E-state index in [2.05, 4.69) is 4.90 Å². The van der Waals surface area contributed by atoms with E-state index in [1.54, 1.807) is 6.92 Å². The zero-order valence-electron chi connectivity index (χ0n) is 8.46. The van der Waals surface area contributed by atoms with Gasteiger partial charge in [0, 0.05) is 25.0 Å². The smallest absolute Gasteiger partial charge is 0.131 e. The Labute approximate surface area is 80.3 Å². The Balaban J connectivity index is 1.88. The summed E-state index contributed by atoms with van der Waals surface area (Å²) in [7, 11) is 0. The first-order valence-corrected chi connectivity index (χ1v) is 5.52. The molecule has 13 heavy (non-hydrogen) atoms. The van der Waals surface area contributed by atoms with Crippen LogP contribution in [-0.4, -0.2) is 29.3 Å². The maximum Gasteiger partial charge on any atom is 0.131 e. The van der Waals surface area contributed by atoms with E-state index in [9.17, 15) is 4.79 Å². The molecule has 2 aliphatic heterocycles. The third-order valence-electron chi connectivity index (χ3n) is 3.57. The largest absolute Gasteiger partial charge is 0.300 e. The first kappa shape index (κ1) is 9.20. The van der Waals surface area contributed by atoms with Crippen molar-refractivity contribution >= 4 is 5.78 Å². The molecule has 0 aromatic carbocycles. The molecule has 2 aliphatic rings. The Bertz CT molecular complexity index is 186. The quantitative estimate of drug-likeness (QED) is 0.663. The van der Waals surface area contributed by atoms with Gasteiger partial charge in [-0.1, -0.05) is 6.42 Å². The summed E-state index contributed by atoms with van der Waals surface area (Å²) in [4.78, 5) is 13.5. The molecule has 0 saturated carbocycles. The highest BCUT2D eigenvalue weighted by Gasteiger charge is 2.35. The lowest BCUT2D eigenvalue weighted by Crippen LogP contribution is -2.40. The molecule has 0 radical (unpaired) electrons. The van der Waals surface area contributed by atoms with E-state index < -0.39 is 0 Å². The summed E-state index contributed by atoms with van der Waals surface area (Å²) in [6.45, 7) is 2.72. The van der Waals surface area contributed by atoms with Gasteiger partial charge in [0.25, 0.3) is 0 Å². The fourth-order valence-corrected chi connectivity index (χ4v) is 2.88. The van der Waals surface area contributed by atoms with Gasteiger partial charge in [-0.2, -0.15) is 0 Å². The minimum absolute atomic E-state index is 0.338. The van der Waals surface area contributed by atoms with Crippen LogP contribution in [0.25, 0.3) is 0 Å². The van der Waals surface area contributed by atoms with Crippen LogP contribution in [0, 0.1) is 0 Å². The second-order valence-corrected chi connectivity index (χ2v) is 4.51. The van der Waals surface area contributed by atoms with E-state index >= 15 is 0 Å². The number of fused-ring (bicyclic) bond motifs is 2. The molecule has 0 amide bonds. The maximum absolute atomic E-state index is 10.9. The van der Waals surface area contributed by atoms with E-state index in [1.165, 1.54) is 32.1 Å². The molecule has 0 aliphatic carbocycles. The molecule has 0 aromatic rings. The van der Waals surface area contributed by atoms with Crippen molar-refractivity contribution in [3.8, 4) is 0 Å². The van der Waals surface area contributed by atoms with Crippen molar-refractivity contribution in [2.75, 3.05) is 6.54 Å². The van der Waals surface area contributed by atoms with Gasteiger partial charge in [0.15, 0.2) is 0 Å². The number of ketones is 1. The zero-order valence-corrected chi connectivity index (χ0v) is 8.46. The summed E-state index contributed by atoms with van der Waals surface area (Å²) in [6, 6.07) is 1.64. The van der Waals surface area contributed by atoms with Gasteiger partial charge in [-0.3, -0.25) is 9.69 Å². The summed E-state index contributed by atoms with van der Waals surface area (Å²) in [5.74, 6) is 0.338. The van der Waals surface area contributed by atoms with Crippen LogP contribution < -0.4 is 0 Å². The summed E-state index contributed by atoms with van der Waals surface area (Å²) < 4.78 is 0. The molecule has 2 atom stereocenters. The lowest BCUT2D eigenvalue weighted by molar-refractivity contribution is -0.117. The summed E-state index contributed by atoms with van der Waals surface area (Å²) >= 11 is 0. The molecule has 0 spiro atoms. The van der Waals surface area contributed by atoms with Crippen molar-refractivity contribution in [3.63, 3.8) is 0 Å². The van der Waals surface area contributed by atoms with Crippen LogP contribution in [-0.2, 0) is 4.79 Å². The molecule has 2 rings (SSSR count). The van der Waals surface area contributed by atoms with Gasteiger partial charge in [0.2, 0.25) is 0 Å². The summed E-state index contributed by atoms with van der Waals surface area (Å²) in [5, 5.41) is 0. The van der Waals surface area contributed by atoms with E-state index in [-0.39, 0.29) is 0 Å². The van der Waals surface area contributed by atoms with Gasteiger partial charge in [-0.05, 0) is 32.6 Å². The van der Waals surface area contributed by atoms with Gasteiger partial charge in [-0.15, -0.1) is 0 Å². The Morgan fingerprint density at radius 3 is 2.38 bits per heavy atom. The second kappa shape index (κ2) is 3.79. The third-order valence-corrected chi connectivity index (χ3v) is 3.57. The van der Waals surface area contributed by atoms with Gasteiger partial charge < -0.3 is 0 Å². The first-order valence-electron chi connectivity index (χ1n) is 5.52. The average Bonchev–Trinajstić information content (AvgIpc) is 2.34. The van der Waals surface area contributed by atoms with Crippen LogP contribution in [0.3, 0.4) is 0 Å². The number of carbonyl (C=O) groups is 1. The van der Waals surface area contributed by atoms with Crippen LogP contribution in [0.15, 0.2) is 0 Å². The highest BCUT2D eigenvalue weighted by molar-refractivity contribution is 5.75. The topological polar surface area (TPSA) is 20.3 Å². The number of hydrogen-bond acceptors (Lipinski definition) is 2. The van der Waals surface area contributed by atoms with Crippen LogP contribution >= 0.6 is 0 Å². The van der Waals surface area contributed by atoms with Crippen molar-refractivity contribution in [2.45, 2.75) is 57.5 Å². The van der Waals surface area contributed by atoms with Crippen LogP contribution in [0.5, 0.6) is 0 Å². The average molecular weight is 181 g/mol. The molecule has 2 fully saturated rings. The lowest BCUT2D eigenvalue weighted by atomic mass is 10.0. The molecule has 2 nitrogen and oxygen atoms in total. The molecule has 2 saturated heterocycles. The predicted octanol–water partition coefficient (Wildman–Crippen LogP) is 1.98. The number of nitrogens with zero attached hydrogens (tertiary/aromatic N) is 1. The molecule has 74 valence electrons. The number of piperidine rings is 1. The first-order chi connectivity index (χ1) is 6.27. The summed E-state index contributed by atoms with van der Waals surface area (Å²) in [6.07, 6.45) is 7.66. The molecule has 2 heteroatoms. The molecule has 2 unspecified atom stereocenters. The summed E-state index contributed by atoms with van der Waals surface area (Å²) in [5.41, 5.74) is 0. The Morgan fingerprint density at radius 1 is 1.23 bits per heavy atom. The maximum atomic E-state index is 10.9. The van der Waals surface area contributed by atoms with Gasteiger partial charge >= 0.3 is 0 Å². The number of carbonyl (C=O) groups excluding carboxylic acids is 1. The monoisotopic (exact) mass is 181 g/mol. The Morgan fingerprint density at radius 2 is 1.85 bits per heavy atom. The van der Waals surface area contributed by atoms with E-state index in [0.717, 1.165) is 25.0 Å². The molecule has 2 heterocycles. The highest BCUT2D eigenvalue weighted by atomic mass is 16.1. The fourth-order valence-electron chi connectivity index (χ4n) is 2.88. The molecule has 2 bridgehead atoms. The van der Waals surface area contributed by atoms with Gasteiger partial charge in [0.05, 0.1) is 0 Å². The van der Waals surface area contributed by atoms with E-state index in [4.69, 9.17) is 0 Å². The van der Waals surface area contributed by atoms with Crippen molar-refractivity contribution in [2.24, 2.45) is 0 Å². The van der Waals surface area contributed by atoms with Crippen molar-refractivity contribution in [3.05, 3.63) is 0 Å². The van der Waals surface area contributed by atoms with Crippen molar-refractivity contribution in [1.29, 1.82) is 0 Å². The third kappa shape index (κ3) is 1.93. The minimum Gasteiger partial charge on any atom is -0.300 e. The fraction of sp³-hybridized carbons (Fsp3) is 0.909.